The van der Waals surface area contributed by atoms with E-state index in [1.807, 2.05) is 36.8 Å². The van der Waals surface area contributed by atoms with Crippen LogP contribution in [-0.2, 0) is 6.42 Å². The van der Waals surface area contributed by atoms with Crippen molar-refractivity contribution < 1.29 is 0 Å². The topological polar surface area (TPSA) is 25.8 Å². The summed E-state index contributed by atoms with van der Waals surface area (Å²) < 4.78 is 0. The molecule has 48 heavy (non-hydrogen) atoms. The number of aromatic nitrogens is 2. The van der Waals surface area contributed by atoms with Gasteiger partial charge in [-0.15, -0.1) is 0 Å². The van der Waals surface area contributed by atoms with Crippen LogP contribution in [0.4, 0.5) is 0 Å². The van der Waals surface area contributed by atoms with Crippen molar-refractivity contribution in [3.05, 3.63) is 175 Å². The highest BCUT2D eigenvalue weighted by atomic mass is 14.7. The van der Waals surface area contributed by atoms with Crippen molar-refractivity contribution >= 4 is 27.6 Å². The molecule has 2 heterocycles. The SMILES string of the molecule is C1=Cc2c(c3ccc(-c4cccc(-c5cccc(-c6cc(-c7cccnc7)cc(-c7ccccn7)c6)c5)c4)cc3c3ccccc23)CC1. The van der Waals surface area contributed by atoms with Crippen molar-refractivity contribution in [1.82, 2.24) is 9.97 Å². The first kappa shape index (κ1) is 28.1. The quantitative estimate of drug-likeness (QED) is 0.181. The lowest BCUT2D eigenvalue weighted by Crippen LogP contribution is -1.98. The van der Waals surface area contributed by atoms with Gasteiger partial charge in [0.1, 0.15) is 0 Å². The van der Waals surface area contributed by atoms with Gasteiger partial charge in [-0.25, -0.2) is 0 Å². The first-order valence-electron chi connectivity index (χ1n) is 16.6. The number of fused-ring (bicyclic) bond motifs is 6. The molecule has 0 atom stereocenters. The minimum Gasteiger partial charge on any atom is -0.264 e. The normalized spacial score (nSPS) is 12.3. The monoisotopic (exact) mass is 612 g/mol. The van der Waals surface area contributed by atoms with E-state index in [9.17, 15) is 0 Å². The number of pyridine rings is 2. The zero-order chi connectivity index (χ0) is 31.9. The first-order chi connectivity index (χ1) is 23.8. The van der Waals surface area contributed by atoms with Crippen LogP contribution in [0, 0.1) is 0 Å². The van der Waals surface area contributed by atoms with Crippen molar-refractivity contribution in [3.8, 4) is 55.8 Å². The van der Waals surface area contributed by atoms with E-state index in [2.05, 4.69) is 143 Å². The van der Waals surface area contributed by atoms with Crippen molar-refractivity contribution in [2.75, 3.05) is 0 Å². The lowest BCUT2D eigenvalue weighted by atomic mass is 9.85. The van der Waals surface area contributed by atoms with Gasteiger partial charge < -0.3 is 0 Å². The average Bonchev–Trinajstić information content (AvgIpc) is 3.18. The third-order valence-electron chi connectivity index (χ3n) is 9.64. The van der Waals surface area contributed by atoms with E-state index in [-0.39, 0.29) is 0 Å². The third kappa shape index (κ3) is 5.09. The van der Waals surface area contributed by atoms with E-state index in [0.717, 1.165) is 46.4 Å². The van der Waals surface area contributed by atoms with E-state index >= 15 is 0 Å². The first-order valence-corrected chi connectivity index (χ1v) is 16.6. The predicted octanol–water partition coefficient (Wildman–Crippen LogP) is 12.1. The molecule has 8 aromatic rings. The van der Waals surface area contributed by atoms with Crippen molar-refractivity contribution in [2.45, 2.75) is 12.8 Å². The van der Waals surface area contributed by atoms with Gasteiger partial charge in [0.15, 0.2) is 0 Å². The second-order valence-electron chi connectivity index (χ2n) is 12.6. The fourth-order valence-electron chi connectivity index (χ4n) is 7.29. The van der Waals surface area contributed by atoms with Crippen LogP contribution >= 0.6 is 0 Å². The van der Waals surface area contributed by atoms with Gasteiger partial charge >= 0.3 is 0 Å². The second kappa shape index (κ2) is 11.9. The molecule has 0 unspecified atom stereocenters. The molecule has 0 amide bonds. The molecule has 6 aromatic carbocycles. The van der Waals surface area contributed by atoms with E-state index in [1.54, 1.807) is 0 Å². The van der Waals surface area contributed by atoms with Crippen LogP contribution in [-0.4, -0.2) is 9.97 Å². The van der Waals surface area contributed by atoms with Gasteiger partial charge in [-0.3, -0.25) is 9.97 Å². The van der Waals surface area contributed by atoms with Gasteiger partial charge in [0.25, 0.3) is 0 Å². The molecular formula is C46H32N2. The summed E-state index contributed by atoms with van der Waals surface area (Å²) in [5.41, 5.74) is 14.3. The molecular weight excluding hydrogens is 581 g/mol. The molecule has 0 fully saturated rings. The minimum absolute atomic E-state index is 0.952. The molecule has 0 bridgehead atoms. The van der Waals surface area contributed by atoms with Gasteiger partial charge in [0, 0.05) is 29.7 Å². The van der Waals surface area contributed by atoms with Crippen LogP contribution < -0.4 is 0 Å². The number of aryl methyl sites for hydroxylation is 1. The Bertz CT molecular complexity index is 2440. The molecule has 0 aliphatic heterocycles. The highest BCUT2D eigenvalue weighted by molar-refractivity contribution is 6.14. The molecule has 0 saturated carbocycles. The maximum Gasteiger partial charge on any atom is 0.0702 e. The van der Waals surface area contributed by atoms with E-state index in [0.29, 0.717) is 0 Å². The van der Waals surface area contributed by atoms with Gasteiger partial charge in [-0.05, 0) is 139 Å². The maximum absolute atomic E-state index is 4.66. The average molecular weight is 613 g/mol. The number of hydrogen-bond donors (Lipinski definition) is 0. The smallest absolute Gasteiger partial charge is 0.0702 e. The molecule has 226 valence electrons. The van der Waals surface area contributed by atoms with Gasteiger partial charge in [0.2, 0.25) is 0 Å². The summed E-state index contributed by atoms with van der Waals surface area (Å²) in [6.07, 6.45) is 12.4. The molecule has 0 saturated heterocycles. The van der Waals surface area contributed by atoms with Crippen molar-refractivity contribution in [1.29, 1.82) is 0 Å². The lowest BCUT2D eigenvalue weighted by molar-refractivity contribution is 1.00. The van der Waals surface area contributed by atoms with Crippen LogP contribution in [0.3, 0.4) is 0 Å². The van der Waals surface area contributed by atoms with Gasteiger partial charge in [0.05, 0.1) is 5.69 Å². The summed E-state index contributed by atoms with van der Waals surface area (Å²) in [6.45, 7) is 0. The van der Waals surface area contributed by atoms with Crippen LogP contribution in [0.5, 0.6) is 0 Å². The standard InChI is InChI=1S/C46H32N2/c1-2-17-42-40(15-1)41-16-3-4-18-43(41)45-29-35(20-21-44(42)45)33-12-7-10-31(24-33)32-11-8-13-34(25-32)37-26-38(36-14-9-22-47-30-36)28-39(27-37)46-19-5-6-23-48-46/h1,3-16,18-30H,2,17H2. The Balaban J connectivity index is 1.13. The Morgan fingerprint density at radius 1 is 0.417 bits per heavy atom. The zero-order valence-corrected chi connectivity index (χ0v) is 26.5. The van der Waals surface area contributed by atoms with Crippen molar-refractivity contribution in [3.63, 3.8) is 0 Å². The Hall–Kier alpha value is -6.12. The van der Waals surface area contributed by atoms with Crippen LogP contribution in [0.25, 0.3) is 83.4 Å². The summed E-state index contributed by atoms with van der Waals surface area (Å²) in [5, 5.41) is 5.38. The Morgan fingerprint density at radius 2 is 1.06 bits per heavy atom. The summed E-state index contributed by atoms with van der Waals surface area (Å²) in [5.74, 6) is 0. The Morgan fingerprint density at radius 3 is 1.79 bits per heavy atom. The Labute approximate surface area is 280 Å². The molecule has 0 spiro atoms. The fraction of sp³-hybridized carbons (Fsp3) is 0.0435. The van der Waals surface area contributed by atoms with Crippen LogP contribution in [0.15, 0.2) is 164 Å². The number of benzene rings is 6. The molecule has 2 heteroatoms. The van der Waals surface area contributed by atoms with E-state index < -0.39 is 0 Å². The zero-order valence-electron chi connectivity index (χ0n) is 26.5. The molecule has 1 aliphatic rings. The van der Waals surface area contributed by atoms with E-state index in [1.165, 1.54) is 54.9 Å². The Kier molecular flexibility index (Phi) is 6.98. The summed E-state index contributed by atoms with van der Waals surface area (Å²) >= 11 is 0. The summed E-state index contributed by atoms with van der Waals surface area (Å²) in [7, 11) is 0. The van der Waals surface area contributed by atoms with Gasteiger partial charge in [-0.2, -0.15) is 0 Å². The third-order valence-corrected chi connectivity index (χ3v) is 9.64. The molecule has 9 rings (SSSR count). The molecule has 2 aromatic heterocycles. The maximum atomic E-state index is 4.66. The number of allylic oxidation sites excluding steroid dienone is 1. The van der Waals surface area contributed by atoms with E-state index in [4.69, 9.17) is 0 Å². The van der Waals surface area contributed by atoms with Gasteiger partial charge in [-0.1, -0.05) is 97.1 Å². The second-order valence-corrected chi connectivity index (χ2v) is 12.6. The van der Waals surface area contributed by atoms with Crippen LogP contribution in [0.1, 0.15) is 17.5 Å². The largest absolute Gasteiger partial charge is 0.264 e. The fourth-order valence-corrected chi connectivity index (χ4v) is 7.29. The summed E-state index contributed by atoms with van der Waals surface area (Å²) in [6, 6.07) is 50.6. The highest BCUT2D eigenvalue weighted by Crippen LogP contribution is 2.39. The predicted molar refractivity (Wildman–Crippen MR) is 202 cm³/mol. The number of nitrogens with zero attached hydrogens (tertiary/aromatic N) is 2. The van der Waals surface area contributed by atoms with Crippen molar-refractivity contribution in [2.24, 2.45) is 0 Å². The lowest BCUT2D eigenvalue weighted by Gasteiger charge is -2.18. The molecule has 0 N–H and O–H groups in total. The molecule has 0 radical (unpaired) electrons. The summed E-state index contributed by atoms with van der Waals surface area (Å²) in [4.78, 5) is 9.05. The van der Waals surface area contributed by atoms with Crippen LogP contribution in [0.2, 0.25) is 0 Å². The molecule has 2 nitrogen and oxygen atoms in total. The molecule has 1 aliphatic carbocycles. The minimum atomic E-state index is 0.952. The highest BCUT2D eigenvalue weighted by Gasteiger charge is 2.16. The number of rotatable bonds is 5. The number of hydrogen-bond acceptors (Lipinski definition) is 2.